The Labute approximate surface area is 152 Å². The highest BCUT2D eigenvalue weighted by Crippen LogP contribution is 2.17. The van der Waals surface area contributed by atoms with Crippen molar-refractivity contribution >= 4 is 11.8 Å². The molecule has 0 radical (unpaired) electrons. The van der Waals surface area contributed by atoms with E-state index in [1.807, 2.05) is 0 Å². The normalized spacial score (nSPS) is 13.4. The Morgan fingerprint density at radius 3 is 1.84 bits per heavy atom. The number of rotatable bonds is 16. The topological polar surface area (TPSA) is 94.8 Å². The summed E-state index contributed by atoms with van der Waals surface area (Å²) in [6.45, 7) is 4.23. The predicted molar refractivity (Wildman–Crippen MR) is 99.7 cm³/mol. The Hall–Kier alpha value is -1.36. The van der Waals surface area contributed by atoms with E-state index in [-0.39, 0.29) is 18.6 Å². The molecule has 0 spiro atoms. The van der Waals surface area contributed by atoms with Crippen LogP contribution in [0.25, 0.3) is 0 Å². The molecule has 0 aliphatic carbocycles. The number of hydrogen-bond donors (Lipinski definition) is 3. The van der Waals surface area contributed by atoms with E-state index in [0.29, 0.717) is 12.8 Å². The molecule has 0 fully saturated rings. The summed E-state index contributed by atoms with van der Waals surface area (Å²) >= 11 is 0. The number of carbonyl (C=O) groups is 2. The lowest BCUT2D eigenvalue weighted by molar-refractivity contribution is -0.135. The highest BCUT2D eigenvalue weighted by Gasteiger charge is 2.24. The minimum Gasteiger partial charge on any atom is -0.511 e. The number of Topliss-reactive ketones (excluding diaryl/α,β-unsaturated/α-hetero) is 1. The van der Waals surface area contributed by atoms with Gasteiger partial charge in [0.1, 0.15) is 11.3 Å². The number of carboxylic acids is 1. The molecular formula is C20H36O5. The number of allylic oxidation sites excluding steroid dienone is 1. The summed E-state index contributed by atoms with van der Waals surface area (Å²) < 4.78 is 0. The molecule has 0 aliphatic heterocycles. The van der Waals surface area contributed by atoms with Gasteiger partial charge in [0, 0.05) is 12.8 Å². The molecule has 0 aromatic carbocycles. The van der Waals surface area contributed by atoms with Gasteiger partial charge in [-0.15, -0.1) is 0 Å². The third-order valence-electron chi connectivity index (χ3n) is 4.36. The number of aliphatic carboxylic acids is 1. The first-order chi connectivity index (χ1) is 11.9. The Bertz CT molecular complexity index is 414. The van der Waals surface area contributed by atoms with E-state index in [9.17, 15) is 24.9 Å². The molecular weight excluding hydrogens is 320 g/mol. The summed E-state index contributed by atoms with van der Waals surface area (Å²) in [5.74, 6) is -2.45. The van der Waals surface area contributed by atoms with Gasteiger partial charge in [0.15, 0.2) is 5.78 Å². The highest BCUT2D eigenvalue weighted by atomic mass is 16.4. The number of ketones is 1. The van der Waals surface area contributed by atoms with Crippen LogP contribution in [0.3, 0.4) is 0 Å². The molecule has 1 unspecified atom stereocenters. The lowest BCUT2D eigenvalue weighted by Gasteiger charge is -2.11. The van der Waals surface area contributed by atoms with Crippen LogP contribution in [0.4, 0.5) is 0 Å². The molecule has 5 nitrogen and oxygen atoms in total. The quantitative estimate of drug-likeness (QED) is 0.120. The van der Waals surface area contributed by atoms with Crippen LogP contribution in [-0.2, 0) is 9.59 Å². The van der Waals surface area contributed by atoms with Gasteiger partial charge in [-0.2, -0.15) is 0 Å². The van der Waals surface area contributed by atoms with E-state index < -0.39 is 23.4 Å². The fourth-order valence-electron chi connectivity index (χ4n) is 2.83. The summed E-state index contributed by atoms with van der Waals surface area (Å²) in [7, 11) is 0. The standard InChI is InChI=1S/C20H36O5/c1-3-5-7-9-11-13-16(21)15-18(23)19(20(24)25)17(22)14-12-10-8-6-4-2/h16,21-22H,3-15H2,1-2H3,(H,24,25). The van der Waals surface area contributed by atoms with E-state index in [1.54, 1.807) is 0 Å². The Balaban J connectivity index is 4.41. The van der Waals surface area contributed by atoms with E-state index in [1.165, 1.54) is 0 Å². The summed E-state index contributed by atoms with van der Waals surface area (Å²) in [6.07, 6.45) is 9.66. The van der Waals surface area contributed by atoms with Gasteiger partial charge in [0.25, 0.3) is 0 Å². The van der Waals surface area contributed by atoms with E-state index >= 15 is 0 Å². The smallest absolute Gasteiger partial charge is 0.342 e. The Morgan fingerprint density at radius 1 is 0.800 bits per heavy atom. The molecule has 0 aromatic rings. The van der Waals surface area contributed by atoms with Gasteiger partial charge < -0.3 is 15.3 Å². The minimum atomic E-state index is -1.41. The maximum absolute atomic E-state index is 12.1. The first kappa shape index (κ1) is 23.6. The largest absolute Gasteiger partial charge is 0.511 e. The molecule has 25 heavy (non-hydrogen) atoms. The van der Waals surface area contributed by atoms with E-state index in [4.69, 9.17) is 0 Å². The van der Waals surface area contributed by atoms with Crippen molar-refractivity contribution in [2.75, 3.05) is 0 Å². The molecule has 1 atom stereocenters. The molecule has 5 heteroatoms. The number of hydrogen-bond acceptors (Lipinski definition) is 4. The SMILES string of the molecule is CCCCCCCC(O)=C(C(=O)O)C(=O)CC(O)CCCCCCC. The molecule has 146 valence electrons. The van der Waals surface area contributed by atoms with Gasteiger partial charge >= 0.3 is 5.97 Å². The second-order valence-electron chi connectivity index (χ2n) is 6.78. The van der Waals surface area contributed by atoms with Crippen molar-refractivity contribution in [3.8, 4) is 0 Å². The lowest BCUT2D eigenvalue weighted by atomic mass is 9.98. The molecule has 0 aliphatic rings. The molecule has 0 amide bonds. The van der Waals surface area contributed by atoms with Gasteiger partial charge in [-0.25, -0.2) is 4.79 Å². The van der Waals surface area contributed by atoms with Crippen LogP contribution in [0.5, 0.6) is 0 Å². The van der Waals surface area contributed by atoms with Crippen molar-refractivity contribution in [1.82, 2.24) is 0 Å². The van der Waals surface area contributed by atoms with Crippen molar-refractivity contribution < 1.29 is 24.9 Å². The van der Waals surface area contributed by atoms with Crippen molar-refractivity contribution in [1.29, 1.82) is 0 Å². The van der Waals surface area contributed by atoms with Crippen molar-refractivity contribution in [3.63, 3.8) is 0 Å². The van der Waals surface area contributed by atoms with E-state index in [0.717, 1.165) is 57.8 Å². The van der Waals surface area contributed by atoms with E-state index in [2.05, 4.69) is 13.8 Å². The molecule has 0 saturated carbocycles. The van der Waals surface area contributed by atoms with Crippen LogP contribution in [0.2, 0.25) is 0 Å². The number of carboxylic acid groups (broad SMARTS) is 1. The lowest BCUT2D eigenvalue weighted by Crippen LogP contribution is -2.21. The van der Waals surface area contributed by atoms with Gasteiger partial charge in [-0.3, -0.25) is 4.79 Å². The fraction of sp³-hybridized carbons (Fsp3) is 0.800. The summed E-state index contributed by atoms with van der Waals surface area (Å²) in [5, 5.41) is 29.2. The maximum Gasteiger partial charge on any atom is 0.342 e. The molecule has 0 aromatic heterocycles. The number of aliphatic hydroxyl groups excluding tert-OH is 2. The average molecular weight is 357 g/mol. The zero-order valence-electron chi connectivity index (χ0n) is 15.9. The van der Waals surface area contributed by atoms with Crippen LogP contribution in [0, 0.1) is 0 Å². The molecule has 0 saturated heterocycles. The van der Waals surface area contributed by atoms with Crippen molar-refractivity contribution in [2.45, 2.75) is 103 Å². The van der Waals surface area contributed by atoms with Crippen LogP contribution in [-0.4, -0.2) is 33.2 Å². The first-order valence-corrected chi connectivity index (χ1v) is 9.80. The highest BCUT2D eigenvalue weighted by molar-refractivity contribution is 6.17. The second kappa shape index (κ2) is 14.9. The molecule has 0 rings (SSSR count). The summed E-state index contributed by atoms with van der Waals surface area (Å²) in [6, 6.07) is 0. The minimum absolute atomic E-state index is 0.199. The first-order valence-electron chi connectivity index (χ1n) is 9.80. The average Bonchev–Trinajstić information content (AvgIpc) is 2.54. The van der Waals surface area contributed by atoms with Gasteiger partial charge in [-0.05, 0) is 12.8 Å². The van der Waals surface area contributed by atoms with Gasteiger partial charge in [0.2, 0.25) is 0 Å². The number of carbonyl (C=O) groups excluding carboxylic acids is 1. The second-order valence-corrected chi connectivity index (χ2v) is 6.78. The fourth-order valence-corrected chi connectivity index (χ4v) is 2.83. The third-order valence-corrected chi connectivity index (χ3v) is 4.36. The van der Waals surface area contributed by atoms with Crippen LogP contribution >= 0.6 is 0 Å². The van der Waals surface area contributed by atoms with Crippen LogP contribution in [0.15, 0.2) is 11.3 Å². The predicted octanol–water partition coefficient (Wildman–Crippen LogP) is 4.92. The van der Waals surface area contributed by atoms with Crippen molar-refractivity contribution in [3.05, 3.63) is 11.3 Å². The van der Waals surface area contributed by atoms with Crippen LogP contribution < -0.4 is 0 Å². The zero-order valence-corrected chi connectivity index (χ0v) is 15.9. The molecule has 3 N–H and O–H groups in total. The van der Waals surface area contributed by atoms with Crippen molar-refractivity contribution in [2.24, 2.45) is 0 Å². The van der Waals surface area contributed by atoms with Gasteiger partial charge in [-0.1, -0.05) is 71.6 Å². The maximum atomic E-state index is 12.1. The third kappa shape index (κ3) is 11.8. The summed E-state index contributed by atoms with van der Waals surface area (Å²) in [5.41, 5.74) is -0.555. The number of aliphatic hydroxyl groups is 2. The number of unbranched alkanes of at least 4 members (excludes halogenated alkanes) is 8. The summed E-state index contributed by atoms with van der Waals surface area (Å²) in [4.78, 5) is 23.5. The van der Waals surface area contributed by atoms with Gasteiger partial charge in [0.05, 0.1) is 6.10 Å². The molecule has 0 bridgehead atoms. The molecule has 0 heterocycles. The Morgan fingerprint density at radius 2 is 1.32 bits per heavy atom. The monoisotopic (exact) mass is 356 g/mol. The zero-order chi connectivity index (χ0) is 19.1. The van der Waals surface area contributed by atoms with Crippen LogP contribution in [0.1, 0.15) is 97.3 Å². The Kier molecular flexibility index (Phi) is 14.1.